The van der Waals surface area contributed by atoms with E-state index in [1.807, 2.05) is 6.07 Å². The quantitative estimate of drug-likeness (QED) is 0.850. The van der Waals surface area contributed by atoms with Gasteiger partial charge in [0.15, 0.2) is 0 Å². The number of carbonyl (C=O) groups is 1. The van der Waals surface area contributed by atoms with E-state index in [2.05, 4.69) is 40.1 Å². The van der Waals surface area contributed by atoms with Gasteiger partial charge in [-0.15, -0.1) is 0 Å². The number of nitrogens with one attached hydrogen (secondary N) is 1. The van der Waals surface area contributed by atoms with Gasteiger partial charge >= 0.3 is 0 Å². The molecule has 0 fully saturated rings. The van der Waals surface area contributed by atoms with Gasteiger partial charge < -0.3 is 5.32 Å². The average Bonchev–Trinajstić information content (AvgIpc) is 2.38. The summed E-state index contributed by atoms with van der Waals surface area (Å²) in [7, 11) is 0. The van der Waals surface area contributed by atoms with Crippen LogP contribution in [0.3, 0.4) is 0 Å². The predicted octanol–water partition coefficient (Wildman–Crippen LogP) is 2.49. The van der Waals surface area contributed by atoms with Gasteiger partial charge in [-0.2, -0.15) is 5.26 Å². The second-order valence-electron chi connectivity index (χ2n) is 4.35. The molecule has 1 rings (SSSR count). The Morgan fingerprint density at radius 1 is 1.56 bits per heavy atom. The van der Waals surface area contributed by atoms with Crippen LogP contribution in [0.15, 0.2) is 18.3 Å². The molecule has 0 bridgehead atoms. The summed E-state index contributed by atoms with van der Waals surface area (Å²) in [5.41, 5.74) is 0.793. The van der Waals surface area contributed by atoms with Gasteiger partial charge in [-0.25, -0.2) is 4.98 Å². The lowest BCUT2D eigenvalue weighted by atomic mass is 10.0. The van der Waals surface area contributed by atoms with E-state index in [1.54, 1.807) is 12.1 Å². The topological polar surface area (TPSA) is 65.8 Å². The molecule has 5 heteroatoms. The molecular weight excluding hydrogens is 294 g/mol. The number of halogens is 1. The number of nitrogens with zero attached hydrogens (tertiary/aromatic N) is 2. The molecule has 0 saturated heterocycles. The zero-order valence-electron chi connectivity index (χ0n) is 10.5. The molecule has 1 aromatic rings. The zero-order valence-corrected chi connectivity index (χ0v) is 12.1. The van der Waals surface area contributed by atoms with Gasteiger partial charge in [-0.1, -0.05) is 29.8 Å². The van der Waals surface area contributed by atoms with Crippen LogP contribution in [0, 0.1) is 17.2 Å². The highest BCUT2D eigenvalue weighted by molar-refractivity contribution is 9.09. The van der Waals surface area contributed by atoms with Crippen molar-refractivity contribution in [2.24, 2.45) is 5.92 Å². The molecule has 0 aromatic carbocycles. The first-order chi connectivity index (χ1) is 8.58. The molecule has 1 N–H and O–H groups in total. The number of hydrogen-bond acceptors (Lipinski definition) is 3. The molecule has 1 atom stereocenters. The third-order valence-electron chi connectivity index (χ3n) is 2.67. The smallest absolute Gasteiger partial charge is 0.270 e. The van der Waals surface area contributed by atoms with Crippen LogP contribution in [0.1, 0.15) is 36.3 Å². The summed E-state index contributed by atoms with van der Waals surface area (Å²) in [6, 6.07) is 5.25. The fourth-order valence-electron chi connectivity index (χ4n) is 1.53. The summed E-state index contributed by atoms with van der Waals surface area (Å²) >= 11 is 3.38. The number of nitriles is 1. The largest absolute Gasteiger partial charge is 0.348 e. The van der Waals surface area contributed by atoms with Crippen LogP contribution in [-0.2, 0) is 0 Å². The maximum atomic E-state index is 12.0. The van der Waals surface area contributed by atoms with Crippen molar-refractivity contribution in [1.82, 2.24) is 10.3 Å². The van der Waals surface area contributed by atoms with Gasteiger partial charge in [0.05, 0.1) is 5.56 Å². The van der Waals surface area contributed by atoms with E-state index in [9.17, 15) is 4.79 Å². The first-order valence-electron chi connectivity index (χ1n) is 5.81. The standard InChI is InChI=1S/C13H16BrN3O/c1-9(2)11(5-6-14)17-13(18)12-4-3-10(7-15)8-16-12/h3-4,8-9,11H,5-6H2,1-2H3,(H,17,18). The third-order valence-corrected chi connectivity index (χ3v) is 3.12. The molecule has 1 heterocycles. The maximum absolute atomic E-state index is 12.0. The van der Waals surface area contributed by atoms with Crippen LogP contribution >= 0.6 is 15.9 Å². The lowest BCUT2D eigenvalue weighted by Crippen LogP contribution is -2.39. The molecule has 0 aliphatic carbocycles. The monoisotopic (exact) mass is 309 g/mol. The Kier molecular flexibility index (Phi) is 5.79. The summed E-state index contributed by atoms with van der Waals surface area (Å²) < 4.78 is 0. The Bertz CT molecular complexity index is 437. The van der Waals surface area contributed by atoms with E-state index in [0.717, 1.165) is 11.8 Å². The Morgan fingerprint density at radius 3 is 2.72 bits per heavy atom. The van der Waals surface area contributed by atoms with E-state index in [4.69, 9.17) is 5.26 Å². The Hall–Kier alpha value is -1.41. The SMILES string of the molecule is CC(C)C(CCBr)NC(=O)c1ccc(C#N)cn1. The van der Waals surface area contributed by atoms with Crippen LogP contribution in [-0.4, -0.2) is 22.3 Å². The number of carbonyl (C=O) groups excluding carboxylic acids is 1. The Morgan fingerprint density at radius 2 is 2.28 bits per heavy atom. The van der Waals surface area contributed by atoms with E-state index in [0.29, 0.717) is 17.2 Å². The summed E-state index contributed by atoms with van der Waals surface area (Å²) in [6.07, 6.45) is 2.28. The van der Waals surface area contributed by atoms with Crippen molar-refractivity contribution in [2.75, 3.05) is 5.33 Å². The lowest BCUT2D eigenvalue weighted by Gasteiger charge is -2.21. The third kappa shape index (κ3) is 4.11. The zero-order chi connectivity index (χ0) is 13.5. The molecule has 4 nitrogen and oxygen atoms in total. The van der Waals surface area contributed by atoms with Crippen molar-refractivity contribution in [3.05, 3.63) is 29.6 Å². The molecule has 96 valence electrons. The predicted molar refractivity (Wildman–Crippen MR) is 73.5 cm³/mol. The number of aromatic nitrogens is 1. The fraction of sp³-hybridized carbons (Fsp3) is 0.462. The van der Waals surface area contributed by atoms with Crippen LogP contribution in [0.2, 0.25) is 0 Å². The first kappa shape index (κ1) is 14.7. The number of alkyl halides is 1. The molecule has 0 saturated carbocycles. The summed E-state index contributed by atoms with van der Waals surface area (Å²) in [4.78, 5) is 15.9. The van der Waals surface area contributed by atoms with Gasteiger partial charge in [0.1, 0.15) is 11.8 Å². The van der Waals surface area contributed by atoms with E-state index >= 15 is 0 Å². The summed E-state index contributed by atoms with van der Waals surface area (Å²) in [6.45, 7) is 4.14. The minimum absolute atomic E-state index is 0.120. The maximum Gasteiger partial charge on any atom is 0.270 e. The van der Waals surface area contributed by atoms with Crippen molar-refractivity contribution in [3.8, 4) is 6.07 Å². The molecular formula is C13H16BrN3O. The average molecular weight is 310 g/mol. The van der Waals surface area contributed by atoms with Crippen LogP contribution in [0.5, 0.6) is 0 Å². The fourth-order valence-corrected chi connectivity index (χ4v) is 2.02. The highest BCUT2D eigenvalue weighted by Gasteiger charge is 2.17. The van der Waals surface area contributed by atoms with Gasteiger partial charge in [0, 0.05) is 17.6 Å². The molecule has 0 radical (unpaired) electrons. The van der Waals surface area contributed by atoms with E-state index < -0.39 is 0 Å². The number of amides is 1. The van der Waals surface area contributed by atoms with Gasteiger partial charge in [-0.3, -0.25) is 4.79 Å². The number of hydrogen-bond donors (Lipinski definition) is 1. The van der Waals surface area contributed by atoms with Crippen molar-refractivity contribution in [1.29, 1.82) is 5.26 Å². The van der Waals surface area contributed by atoms with Crippen molar-refractivity contribution >= 4 is 21.8 Å². The Labute approximate surface area is 116 Å². The molecule has 0 aliphatic heterocycles. The first-order valence-corrected chi connectivity index (χ1v) is 6.93. The van der Waals surface area contributed by atoms with Crippen LogP contribution in [0.25, 0.3) is 0 Å². The van der Waals surface area contributed by atoms with Crippen molar-refractivity contribution in [2.45, 2.75) is 26.3 Å². The Balaban J connectivity index is 2.71. The number of rotatable bonds is 5. The minimum atomic E-state index is -0.195. The van der Waals surface area contributed by atoms with Gasteiger partial charge in [0.25, 0.3) is 5.91 Å². The molecule has 0 aliphatic rings. The normalized spacial score (nSPS) is 11.9. The van der Waals surface area contributed by atoms with Crippen molar-refractivity contribution in [3.63, 3.8) is 0 Å². The molecule has 1 unspecified atom stereocenters. The minimum Gasteiger partial charge on any atom is -0.348 e. The van der Waals surface area contributed by atoms with Crippen LogP contribution < -0.4 is 5.32 Å². The molecule has 0 spiro atoms. The van der Waals surface area contributed by atoms with Gasteiger partial charge in [0.2, 0.25) is 0 Å². The summed E-state index contributed by atoms with van der Waals surface area (Å²) in [5.74, 6) is 0.170. The highest BCUT2D eigenvalue weighted by atomic mass is 79.9. The second kappa shape index (κ2) is 7.12. The van der Waals surface area contributed by atoms with Gasteiger partial charge in [-0.05, 0) is 24.5 Å². The van der Waals surface area contributed by atoms with E-state index in [-0.39, 0.29) is 11.9 Å². The second-order valence-corrected chi connectivity index (χ2v) is 5.14. The van der Waals surface area contributed by atoms with E-state index in [1.165, 1.54) is 6.20 Å². The van der Waals surface area contributed by atoms with Crippen molar-refractivity contribution < 1.29 is 4.79 Å². The molecule has 18 heavy (non-hydrogen) atoms. The summed E-state index contributed by atoms with van der Waals surface area (Å²) in [5, 5.41) is 12.5. The van der Waals surface area contributed by atoms with Crippen LogP contribution in [0.4, 0.5) is 0 Å². The molecule has 1 amide bonds. The molecule has 1 aromatic heterocycles. The lowest BCUT2D eigenvalue weighted by molar-refractivity contribution is 0.0920. The number of pyridine rings is 1. The highest BCUT2D eigenvalue weighted by Crippen LogP contribution is 2.09.